The molecular formula is C12H22N4. The van der Waals surface area contributed by atoms with E-state index in [0.29, 0.717) is 12.0 Å². The maximum absolute atomic E-state index is 4.36. The number of fused-ring (bicyclic) bond motifs is 1. The van der Waals surface area contributed by atoms with Crippen LogP contribution in [0.1, 0.15) is 51.3 Å². The first-order valence-electron chi connectivity index (χ1n) is 6.39. The first-order chi connectivity index (χ1) is 7.74. The van der Waals surface area contributed by atoms with E-state index in [9.17, 15) is 0 Å². The zero-order valence-corrected chi connectivity index (χ0v) is 10.5. The lowest BCUT2D eigenvalue weighted by atomic mass is 10.0. The van der Waals surface area contributed by atoms with E-state index in [1.54, 1.807) is 0 Å². The Morgan fingerprint density at radius 1 is 1.44 bits per heavy atom. The van der Waals surface area contributed by atoms with Gasteiger partial charge in [-0.3, -0.25) is 0 Å². The fourth-order valence-electron chi connectivity index (χ4n) is 2.30. The molecule has 1 N–H and O–H groups in total. The van der Waals surface area contributed by atoms with Gasteiger partial charge in [-0.2, -0.15) is 0 Å². The van der Waals surface area contributed by atoms with E-state index in [4.69, 9.17) is 0 Å². The first kappa shape index (κ1) is 11.6. The summed E-state index contributed by atoms with van der Waals surface area (Å²) in [4.78, 5) is 0. The van der Waals surface area contributed by atoms with E-state index in [1.807, 2.05) is 0 Å². The molecule has 0 amide bonds. The highest BCUT2D eigenvalue weighted by atomic mass is 15.3. The Morgan fingerprint density at radius 3 is 2.94 bits per heavy atom. The van der Waals surface area contributed by atoms with Crippen molar-refractivity contribution in [2.45, 2.75) is 52.6 Å². The third-order valence-corrected chi connectivity index (χ3v) is 3.25. The van der Waals surface area contributed by atoms with Crippen LogP contribution < -0.4 is 5.32 Å². The van der Waals surface area contributed by atoms with Crippen molar-refractivity contribution in [2.24, 2.45) is 5.92 Å². The average Bonchev–Trinajstić information content (AvgIpc) is 2.69. The smallest absolute Gasteiger partial charge is 0.150 e. The lowest BCUT2D eigenvalue weighted by Crippen LogP contribution is -2.36. The van der Waals surface area contributed by atoms with Crippen molar-refractivity contribution in [3.05, 3.63) is 11.6 Å². The fraction of sp³-hybridized carbons (Fsp3) is 0.833. The largest absolute Gasteiger partial charge is 0.312 e. The third-order valence-electron chi connectivity index (χ3n) is 3.25. The van der Waals surface area contributed by atoms with Crippen LogP contribution in [0.3, 0.4) is 0 Å². The van der Waals surface area contributed by atoms with Gasteiger partial charge in [0.15, 0.2) is 5.82 Å². The van der Waals surface area contributed by atoms with Crippen molar-refractivity contribution in [1.82, 2.24) is 20.1 Å². The molecule has 0 aromatic carbocycles. The van der Waals surface area contributed by atoms with Crippen LogP contribution >= 0.6 is 0 Å². The molecule has 16 heavy (non-hydrogen) atoms. The fourth-order valence-corrected chi connectivity index (χ4v) is 2.30. The minimum atomic E-state index is 0.372. The van der Waals surface area contributed by atoms with Gasteiger partial charge in [0.05, 0.1) is 6.04 Å². The third kappa shape index (κ3) is 2.12. The van der Waals surface area contributed by atoms with Gasteiger partial charge in [0, 0.05) is 19.5 Å². The number of nitrogens with zero attached hydrogens (tertiary/aromatic N) is 3. The molecule has 4 nitrogen and oxygen atoms in total. The van der Waals surface area contributed by atoms with Crippen molar-refractivity contribution in [3.8, 4) is 0 Å². The number of hydrogen-bond acceptors (Lipinski definition) is 3. The van der Waals surface area contributed by atoms with E-state index in [0.717, 1.165) is 25.3 Å². The number of unbranched alkanes of at least 4 members (excludes halogenated alkanes) is 1. The lowest BCUT2D eigenvalue weighted by molar-refractivity contribution is 0.334. The summed E-state index contributed by atoms with van der Waals surface area (Å²) in [6.07, 6.45) is 3.49. The summed E-state index contributed by atoms with van der Waals surface area (Å²) < 4.78 is 2.32. The summed E-state index contributed by atoms with van der Waals surface area (Å²) in [5.74, 6) is 2.87. The summed E-state index contributed by atoms with van der Waals surface area (Å²) in [5, 5.41) is 12.2. The second-order valence-corrected chi connectivity index (χ2v) is 4.91. The molecule has 1 unspecified atom stereocenters. The van der Waals surface area contributed by atoms with E-state index < -0.39 is 0 Å². The van der Waals surface area contributed by atoms with Crippen LogP contribution in [0.5, 0.6) is 0 Å². The van der Waals surface area contributed by atoms with Gasteiger partial charge in [-0.25, -0.2) is 0 Å². The molecule has 4 heteroatoms. The molecule has 1 aromatic heterocycles. The molecule has 1 aromatic rings. The SMILES string of the molecule is CCCCc1nnc2n1CCNC2C(C)C. The van der Waals surface area contributed by atoms with E-state index in [-0.39, 0.29) is 0 Å². The van der Waals surface area contributed by atoms with Crippen molar-refractivity contribution in [1.29, 1.82) is 0 Å². The Bertz CT molecular complexity index is 343. The zero-order valence-electron chi connectivity index (χ0n) is 10.5. The second-order valence-electron chi connectivity index (χ2n) is 4.91. The predicted molar refractivity (Wildman–Crippen MR) is 64.2 cm³/mol. The molecule has 2 heterocycles. The van der Waals surface area contributed by atoms with Gasteiger partial charge in [-0.05, 0) is 12.3 Å². The van der Waals surface area contributed by atoms with E-state index in [1.165, 1.54) is 18.7 Å². The highest BCUT2D eigenvalue weighted by Gasteiger charge is 2.26. The van der Waals surface area contributed by atoms with Crippen molar-refractivity contribution >= 4 is 0 Å². The molecule has 0 fully saturated rings. The predicted octanol–water partition coefficient (Wildman–Crippen LogP) is 1.92. The van der Waals surface area contributed by atoms with Gasteiger partial charge in [0.1, 0.15) is 5.82 Å². The molecule has 90 valence electrons. The molecule has 0 aliphatic carbocycles. The van der Waals surface area contributed by atoms with Gasteiger partial charge in [-0.1, -0.05) is 27.2 Å². The van der Waals surface area contributed by atoms with Gasteiger partial charge in [0.2, 0.25) is 0 Å². The highest BCUT2D eigenvalue weighted by Crippen LogP contribution is 2.23. The molecule has 0 radical (unpaired) electrons. The lowest BCUT2D eigenvalue weighted by Gasteiger charge is -2.27. The van der Waals surface area contributed by atoms with Gasteiger partial charge in [0.25, 0.3) is 0 Å². The highest BCUT2D eigenvalue weighted by molar-refractivity contribution is 5.05. The van der Waals surface area contributed by atoms with Crippen LogP contribution in [0.4, 0.5) is 0 Å². The summed E-state index contributed by atoms with van der Waals surface area (Å²) in [7, 11) is 0. The summed E-state index contributed by atoms with van der Waals surface area (Å²) >= 11 is 0. The zero-order chi connectivity index (χ0) is 11.5. The molecule has 1 aliphatic heterocycles. The number of rotatable bonds is 4. The van der Waals surface area contributed by atoms with Crippen molar-refractivity contribution in [3.63, 3.8) is 0 Å². The molecule has 0 bridgehead atoms. The number of aromatic nitrogens is 3. The first-order valence-corrected chi connectivity index (χ1v) is 6.39. The summed E-state index contributed by atoms with van der Waals surface area (Å²) in [6.45, 7) is 8.73. The normalized spacial score (nSPS) is 20.1. The minimum absolute atomic E-state index is 0.372. The molecule has 0 saturated carbocycles. The Labute approximate surface area is 97.5 Å². The van der Waals surface area contributed by atoms with Gasteiger partial charge < -0.3 is 9.88 Å². The maximum Gasteiger partial charge on any atom is 0.150 e. The Balaban J connectivity index is 2.20. The molecule has 2 rings (SSSR count). The maximum atomic E-state index is 4.36. The van der Waals surface area contributed by atoms with Crippen LogP contribution in [0.25, 0.3) is 0 Å². The summed E-state index contributed by atoms with van der Waals surface area (Å²) in [6, 6.07) is 0.372. The van der Waals surface area contributed by atoms with Crippen LogP contribution in [0.15, 0.2) is 0 Å². The average molecular weight is 222 g/mol. The van der Waals surface area contributed by atoms with Crippen LogP contribution in [0.2, 0.25) is 0 Å². The number of hydrogen-bond donors (Lipinski definition) is 1. The van der Waals surface area contributed by atoms with E-state index >= 15 is 0 Å². The monoisotopic (exact) mass is 222 g/mol. The minimum Gasteiger partial charge on any atom is -0.312 e. The Morgan fingerprint density at radius 2 is 2.25 bits per heavy atom. The van der Waals surface area contributed by atoms with Crippen LogP contribution in [0, 0.1) is 5.92 Å². The van der Waals surface area contributed by atoms with Crippen molar-refractivity contribution < 1.29 is 0 Å². The molecule has 0 spiro atoms. The number of nitrogens with one attached hydrogen (secondary N) is 1. The quantitative estimate of drug-likeness (QED) is 0.846. The topological polar surface area (TPSA) is 42.7 Å². The van der Waals surface area contributed by atoms with Crippen LogP contribution in [-0.2, 0) is 13.0 Å². The Kier molecular flexibility index (Phi) is 3.59. The molecule has 0 saturated heterocycles. The number of aryl methyl sites for hydroxylation is 1. The molecular weight excluding hydrogens is 200 g/mol. The van der Waals surface area contributed by atoms with Crippen molar-refractivity contribution in [2.75, 3.05) is 6.54 Å². The summed E-state index contributed by atoms with van der Waals surface area (Å²) in [5.41, 5.74) is 0. The van der Waals surface area contributed by atoms with Gasteiger partial charge >= 0.3 is 0 Å². The van der Waals surface area contributed by atoms with Crippen LogP contribution in [-0.4, -0.2) is 21.3 Å². The standard InChI is InChI=1S/C12H22N4/c1-4-5-6-10-14-15-12-11(9(2)3)13-7-8-16(10)12/h9,11,13H,4-8H2,1-3H3. The molecule has 1 atom stereocenters. The second kappa shape index (κ2) is 4.95. The Hall–Kier alpha value is -0.900. The van der Waals surface area contributed by atoms with E-state index in [2.05, 4.69) is 40.9 Å². The molecule has 1 aliphatic rings. The van der Waals surface area contributed by atoms with Gasteiger partial charge in [-0.15, -0.1) is 10.2 Å².